The van der Waals surface area contributed by atoms with E-state index >= 15 is 0 Å². The molecule has 8 heteroatoms. The minimum absolute atomic E-state index is 0. The van der Waals surface area contributed by atoms with Gasteiger partial charge in [0.2, 0.25) is 15.9 Å². The second-order valence-corrected chi connectivity index (χ2v) is 9.91. The Balaban J connectivity index is 0.00000280. The van der Waals surface area contributed by atoms with Crippen LogP contribution >= 0.6 is 12.4 Å². The molecule has 2 saturated heterocycles. The number of hydrogen-bond acceptors (Lipinski definition) is 4. The van der Waals surface area contributed by atoms with E-state index in [2.05, 4.69) is 17.6 Å². The maximum atomic E-state index is 13.4. The third-order valence-electron chi connectivity index (χ3n) is 5.83. The summed E-state index contributed by atoms with van der Waals surface area (Å²) in [7, 11) is -3.71. The van der Waals surface area contributed by atoms with Gasteiger partial charge in [-0.3, -0.25) is 4.79 Å². The van der Waals surface area contributed by atoms with Crippen molar-refractivity contribution in [2.45, 2.75) is 63.9 Å². The van der Waals surface area contributed by atoms with Gasteiger partial charge in [0.25, 0.3) is 0 Å². The molecule has 1 amide bonds. The number of sulfonamides is 1. The Bertz CT molecular complexity index is 805. The van der Waals surface area contributed by atoms with E-state index in [0.29, 0.717) is 30.2 Å². The van der Waals surface area contributed by atoms with Crippen molar-refractivity contribution in [2.75, 3.05) is 19.6 Å². The molecule has 3 rings (SSSR count). The van der Waals surface area contributed by atoms with Gasteiger partial charge < -0.3 is 10.6 Å². The molecule has 0 aromatic heterocycles. The number of piperidine rings is 1. The van der Waals surface area contributed by atoms with E-state index in [1.54, 1.807) is 0 Å². The van der Waals surface area contributed by atoms with Gasteiger partial charge >= 0.3 is 0 Å². The van der Waals surface area contributed by atoms with Crippen molar-refractivity contribution in [1.29, 1.82) is 0 Å². The Labute approximate surface area is 174 Å². The molecule has 0 spiro atoms. The molecule has 2 aliphatic heterocycles. The highest BCUT2D eigenvalue weighted by atomic mass is 35.5. The van der Waals surface area contributed by atoms with Crippen LogP contribution in [0.2, 0.25) is 0 Å². The second-order valence-electron chi connectivity index (χ2n) is 8.09. The summed E-state index contributed by atoms with van der Waals surface area (Å²) in [6.45, 7) is 9.84. The van der Waals surface area contributed by atoms with Gasteiger partial charge in [-0.1, -0.05) is 24.6 Å². The van der Waals surface area contributed by atoms with Crippen LogP contribution < -0.4 is 10.6 Å². The molecule has 158 valence electrons. The van der Waals surface area contributed by atoms with Crippen LogP contribution in [0.25, 0.3) is 0 Å². The van der Waals surface area contributed by atoms with Crippen LogP contribution in [0, 0.1) is 26.7 Å². The van der Waals surface area contributed by atoms with E-state index in [1.807, 2.05) is 32.9 Å². The third kappa shape index (κ3) is 4.53. The largest absolute Gasteiger partial charge is 0.350 e. The van der Waals surface area contributed by atoms with E-state index < -0.39 is 16.1 Å². The zero-order chi connectivity index (χ0) is 19.8. The molecule has 3 atom stereocenters. The highest BCUT2D eigenvalue weighted by molar-refractivity contribution is 7.89. The van der Waals surface area contributed by atoms with Gasteiger partial charge in [-0.15, -0.1) is 12.4 Å². The quantitative estimate of drug-likeness (QED) is 0.769. The molecular formula is C20H32ClN3O3S. The predicted octanol–water partition coefficient (Wildman–Crippen LogP) is 2.30. The van der Waals surface area contributed by atoms with Crippen molar-refractivity contribution in [3.8, 4) is 0 Å². The number of carbonyl (C=O) groups excluding carboxylic acids is 1. The lowest BCUT2D eigenvalue weighted by atomic mass is 9.94. The number of hydrogen-bond donors (Lipinski definition) is 2. The van der Waals surface area contributed by atoms with Crippen molar-refractivity contribution in [2.24, 2.45) is 5.92 Å². The van der Waals surface area contributed by atoms with Crippen molar-refractivity contribution >= 4 is 28.3 Å². The zero-order valence-electron chi connectivity index (χ0n) is 17.1. The van der Waals surface area contributed by atoms with E-state index in [0.717, 1.165) is 36.2 Å². The first-order valence-corrected chi connectivity index (χ1v) is 11.3. The highest BCUT2D eigenvalue weighted by Gasteiger charge is 2.41. The number of rotatable bonds is 4. The highest BCUT2D eigenvalue weighted by Crippen LogP contribution is 2.31. The van der Waals surface area contributed by atoms with Crippen molar-refractivity contribution < 1.29 is 13.2 Å². The average molecular weight is 430 g/mol. The fraction of sp³-hybridized carbons (Fsp3) is 0.650. The maximum absolute atomic E-state index is 13.4. The van der Waals surface area contributed by atoms with E-state index in [9.17, 15) is 13.2 Å². The SMILES string of the molecule is Cc1cc(C)c(S(=O)(=O)N2CCCC2C(=O)NC2CNCCC2C)c(C)c1.Cl. The van der Waals surface area contributed by atoms with Crippen LogP contribution in [0.3, 0.4) is 0 Å². The summed E-state index contributed by atoms with van der Waals surface area (Å²) in [6, 6.07) is 3.21. The lowest BCUT2D eigenvalue weighted by Gasteiger charge is -2.32. The zero-order valence-corrected chi connectivity index (χ0v) is 18.8. The van der Waals surface area contributed by atoms with Gasteiger partial charge in [0.05, 0.1) is 4.90 Å². The maximum Gasteiger partial charge on any atom is 0.244 e. The Morgan fingerprint density at radius 3 is 2.43 bits per heavy atom. The first kappa shape index (κ1) is 23.1. The van der Waals surface area contributed by atoms with Crippen LogP contribution in [0.5, 0.6) is 0 Å². The van der Waals surface area contributed by atoms with Gasteiger partial charge in [0, 0.05) is 19.1 Å². The van der Waals surface area contributed by atoms with Crippen LogP contribution in [-0.4, -0.2) is 50.3 Å². The lowest BCUT2D eigenvalue weighted by molar-refractivity contribution is -0.125. The Morgan fingerprint density at radius 2 is 1.82 bits per heavy atom. The van der Waals surface area contributed by atoms with E-state index in [1.165, 1.54) is 4.31 Å². The van der Waals surface area contributed by atoms with E-state index in [-0.39, 0.29) is 24.4 Å². The molecule has 1 aromatic rings. The Kier molecular flexibility index (Phi) is 7.53. The summed E-state index contributed by atoms with van der Waals surface area (Å²) in [5, 5.41) is 6.40. The number of benzene rings is 1. The monoisotopic (exact) mass is 429 g/mol. The van der Waals surface area contributed by atoms with Crippen LogP contribution in [0.15, 0.2) is 17.0 Å². The lowest BCUT2D eigenvalue weighted by Crippen LogP contribution is -2.55. The molecule has 28 heavy (non-hydrogen) atoms. The van der Waals surface area contributed by atoms with Gasteiger partial charge in [-0.25, -0.2) is 8.42 Å². The summed E-state index contributed by atoms with van der Waals surface area (Å²) < 4.78 is 28.2. The molecule has 0 saturated carbocycles. The molecular weight excluding hydrogens is 398 g/mol. The normalized spacial score (nSPS) is 25.9. The van der Waals surface area contributed by atoms with Crippen LogP contribution in [0.1, 0.15) is 42.9 Å². The molecule has 1 aromatic carbocycles. The number of amides is 1. The second kappa shape index (κ2) is 9.11. The molecule has 2 fully saturated rings. The van der Waals surface area contributed by atoms with Crippen molar-refractivity contribution in [3.05, 3.63) is 28.8 Å². The first-order chi connectivity index (χ1) is 12.7. The van der Waals surface area contributed by atoms with Gasteiger partial charge in [-0.2, -0.15) is 4.31 Å². The standard InChI is InChI=1S/C20H31N3O3S.ClH/c1-13-10-15(3)19(16(4)11-13)27(25,26)23-9-5-6-18(23)20(24)22-17-12-21-8-7-14(17)2;/h10-11,14,17-18,21H,5-9,12H2,1-4H3,(H,22,24);1H. The van der Waals surface area contributed by atoms with Gasteiger partial charge in [-0.05, 0) is 63.6 Å². The number of nitrogens with one attached hydrogen (secondary N) is 2. The van der Waals surface area contributed by atoms with Crippen LogP contribution in [0.4, 0.5) is 0 Å². The molecule has 2 heterocycles. The number of aryl methyl sites for hydroxylation is 3. The summed E-state index contributed by atoms with van der Waals surface area (Å²) in [5.41, 5.74) is 2.52. The fourth-order valence-corrected chi connectivity index (χ4v) is 6.51. The topological polar surface area (TPSA) is 78.5 Å². The van der Waals surface area contributed by atoms with Gasteiger partial charge in [0.15, 0.2) is 0 Å². The third-order valence-corrected chi connectivity index (χ3v) is 8.05. The molecule has 0 radical (unpaired) electrons. The number of carbonyl (C=O) groups is 1. The number of halogens is 1. The minimum atomic E-state index is -3.71. The van der Waals surface area contributed by atoms with Crippen molar-refractivity contribution in [3.63, 3.8) is 0 Å². The Hall–Kier alpha value is -1.15. The van der Waals surface area contributed by atoms with Crippen LogP contribution in [-0.2, 0) is 14.8 Å². The number of nitrogens with zero attached hydrogens (tertiary/aromatic N) is 1. The molecule has 2 N–H and O–H groups in total. The van der Waals surface area contributed by atoms with Gasteiger partial charge in [0.1, 0.15) is 6.04 Å². The average Bonchev–Trinajstić information content (AvgIpc) is 3.06. The summed E-state index contributed by atoms with van der Waals surface area (Å²) in [5.74, 6) is 0.224. The molecule has 0 bridgehead atoms. The fourth-order valence-electron chi connectivity index (χ4n) is 4.44. The molecule has 6 nitrogen and oxygen atoms in total. The first-order valence-electron chi connectivity index (χ1n) is 9.82. The minimum Gasteiger partial charge on any atom is -0.350 e. The summed E-state index contributed by atoms with van der Waals surface area (Å²) in [6.07, 6.45) is 2.29. The molecule has 3 unspecified atom stereocenters. The molecule has 2 aliphatic rings. The Morgan fingerprint density at radius 1 is 1.18 bits per heavy atom. The predicted molar refractivity (Wildman–Crippen MR) is 113 cm³/mol. The van der Waals surface area contributed by atoms with E-state index in [4.69, 9.17) is 0 Å². The summed E-state index contributed by atoms with van der Waals surface area (Å²) >= 11 is 0. The summed E-state index contributed by atoms with van der Waals surface area (Å²) in [4.78, 5) is 13.3. The van der Waals surface area contributed by atoms with Crippen molar-refractivity contribution in [1.82, 2.24) is 14.9 Å². The molecule has 0 aliphatic carbocycles. The smallest absolute Gasteiger partial charge is 0.244 e.